The molecule has 15 heavy (non-hydrogen) atoms. The van der Waals surface area contributed by atoms with Crippen LogP contribution in [0.15, 0.2) is 23.4 Å². The zero-order valence-electron chi connectivity index (χ0n) is 9.20. The zero-order chi connectivity index (χ0) is 10.5. The molecule has 0 saturated carbocycles. The van der Waals surface area contributed by atoms with Gasteiger partial charge in [-0.15, -0.1) is 11.8 Å². The highest BCUT2D eigenvalue weighted by Crippen LogP contribution is 2.19. The molecule has 2 nitrogen and oxygen atoms in total. The van der Waals surface area contributed by atoms with E-state index in [-0.39, 0.29) is 0 Å². The van der Waals surface area contributed by atoms with Gasteiger partial charge in [0.15, 0.2) is 0 Å². The Morgan fingerprint density at radius 2 is 2.40 bits per heavy atom. The van der Waals surface area contributed by atoms with Crippen LogP contribution >= 0.6 is 11.8 Å². The minimum absolute atomic E-state index is 0.687. The second kappa shape index (κ2) is 5.52. The normalized spacial score (nSPS) is 21.5. The van der Waals surface area contributed by atoms with Gasteiger partial charge in [0.2, 0.25) is 0 Å². The number of rotatable bonds is 3. The van der Waals surface area contributed by atoms with Crippen molar-refractivity contribution in [1.82, 2.24) is 10.3 Å². The lowest BCUT2D eigenvalue weighted by molar-refractivity contribution is 0.430. The Kier molecular flexibility index (Phi) is 4.03. The molecule has 82 valence electrons. The Balaban J connectivity index is 1.79. The second-order valence-corrected chi connectivity index (χ2v) is 5.17. The summed E-state index contributed by atoms with van der Waals surface area (Å²) in [4.78, 5) is 4.40. The van der Waals surface area contributed by atoms with Crippen LogP contribution in [0.2, 0.25) is 0 Å². The third-order valence-corrected chi connectivity index (χ3v) is 3.84. The van der Waals surface area contributed by atoms with Crippen molar-refractivity contribution in [2.24, 2.45) is 0 Å². The van der Waals surface area contributed by atoms with Gasteiger partial charge in [0.05, 0.1) is 5.03 Å². The van der Waals surface area contributed by atoms with Crippen molar-refractivity contribution in [2.45, 2.75) is 37.3 Å². The highest BCUT2D eigenvalue weighted by Gasteiger charge is 2.12. The molecule has 2 heterocycles. The first-order valence-electron chi connectivity index (χ1n) is 5.63. The van der Waals surface area contributed by atoms with Crippen LogP contribution in [0.3, 0.4) is 0 Å². The number of nitrogens with zero attached hydrogens (tertiary/aromatic N) is 1. The molecular formula is C12H18N2S. The molecule has 0 bridgehead atoms. The number of nitrogens with one attached hydrogen (secondary N) is 1. The van der Waals surface area contributed by atoms with E-state index in [9.17, 15) is 0 Å². The molecule has 1 saturated heterocycles. The Hall–Kier alpha value is -0.540. The highest BCUT2D eigenvalue weighted by molar-refractivity contribution is 7.99. The first kappa shape index (κ1) is 11.0. The van der Waals surface area contributed by atoms with Gasteiger partial charge in [-0.1, -0.05) is 12.5 Å². The Morgan fingerprint density at radius 3 is 3.07 bits per heavy atom. The molecule has 1 aliphatic heterocycles. The first-order chi connectivity index (χ1) is 7.34. The maximum Gasteiger partial charge on any atom is 0.0960 e. The number of aryl methyl sites for hydroxylation is 1. The fraction of sp³-hybridized carbons (Fsp3) is 0.583. The lowest BCUT2D eigenvalue weighted by atomic mass is 10.1. The first-order valence-corrected chi connectivity index (χ1v) is 6.62. The predicted molar refractivity (Wildman–Crippen MR) is 65.3 cm³/mol. The summed E-state index contributed by atoms with van der Waals surface area (Å²) in [6.07, 6.45) is 5.97. The summed E-state index contributed by atoms with van der Waals surface area (Å²) >= 11 is 1.86. The van der Waals surface area contributed by atoms with Gasteiger partial charge in [-0.05, 0) is 37.9 Å². The number of hydrogen-bond donors (Lipinski definition) is 1. The van der Waals surface area contributed by atoms with Crippen molar-refractivity contribution in [1.29, 1.82) is 0 Å². The van der Waals surface area contributed by atoms with Gasteiger partial charge in [-0.3, -0.25) is 0 Å². The number of piperidine rings is 1. The Labute approximate surface area is 95.9 Å². The molecule has 2 rings (SSSR count). The molecule has 1 aliphatic rings. The van der Waals surface area contributed by atoms with E-state index in [1.165, 1.54) is 31.4 Å². The maximum absolute atomic E-state index is 4.40. The van der Waals surface area contributed by atoms with Crippen molar-refractivity contribution in [3.05, 3.63) is 23.9 Å². The zero-order valence-corrected chi connectivity index (χ0v) is 10.0. The summed E-state index contributed by atoms with van der Waals surface area (Å²) < 4.78 is 0. The molecule has 3 heteroatoms. The summed E-state index contributed by atoms with van der Waals surface area (Å²) in [5.41, 5.74) is 1.23. The topological polar surface area (TPSA) is 24.9 Å². The van der Waals surface area contributed by atoms with Crippen LogP contribution in [0, 0.1) is 6.92 Å². The summed E-state index contributed by atoms with van der Waals surface area (Å²) in [5.74, 6) is 1.15. The number of pyridine rings is 1. The van der Waals surface area contributed by atoms with Gasteiger partial charge in [-0.25, -0.2) is 4.98 Å². The summed E-state index contributed by atoms with van der Waals surface area (Å²) in [5, 5.41) is 4.70. The monoisotopic (exact) mass is 222 g/mol. The van der Waals surface area contributed by atoms with Crippen molar-refractivity contribution in [3.8, 4) is 0 Å². The molecule has 1 atom stereocenters. The Bertz CT molecular complexity index is 291. The SMILES string of the molecule is Cc1ccc(SC[C@H]2CCCCN2)nc1. The van der Waals surface area contributed by atoms with Crippen LogP contribution < -0.4 is 5.32 Å². The molecule has 0 spiro atoms. The minimum atomic E-state index is 0.687. The largest absolute Gasteiger partial charge is 0.313 e. The van der Waals surface area contributed by atoms with E-state index in [4.69, 9.17) is 0 Å². The van der Waals surface area contributed by atoms with Crippen LogP contribution in [0.25, 0.3) is 0 Å². The third kappa shape index (κ3) is 3.50. The van der Waals surface area contributed by atoms with Crippen molar-refractivity contribution in [3.63, 3.8) is 0 Å². The van der Waals surface area contributed by atoms with Crippen LogP contribution in [0.1, 0.15) is 24.8 Å². The van der Waals surface area contributed by atoms with Gasteiger partial charge in [0.25, 0.3) is 0 Å². The minimum Gasteiger partial charge on any atom is -0.313 e. The molecule has 0 aliphatic carbocycles. The van der Waals surface area contributed by atoms with Crippen LogP contribution in [0.5, 0.6) is 0 Å². The molecule has 0 unspecified atom stereocenters. The number of aromatic nitrogens is 1. The van der Waals surface area contributed by atoms with E-state index in [0.29, 0.717) is 6.04 Å². The van der Waals surface area contributed by atoms with Gasteiger partial charge in [0, 0.05) is 18.0 Å². The standard InChI is InChI=1S/C12H18N2S/c1-10-5-6-12(14-8-10)15-9-11-4-2-3-7-13-11/h5-6,8,11,13H,2-4,7,9H2,1H3/t11-/m1/s1. The smallest absolute Gasteiger partial charge is 0.0960 e. The van der Waals surface area contributed by atoms with E-state index in [1.54, 1.807) is 0 Å². The highest BCUT2D eigenvalue weighted by atomic mass is 32.2. The quantitative estimate of drug-likeness (QED) is 0.796. The predicted octanol–water partition coefficient (Wildman–Crippen LogP) is 2.62. The average molecular weight is 222 g/mol. The molecule has 0 radical (unpaired) electrons. The van der Waals surface area contributed by atoms with E-state index >= 15 is 0 Å². The fourth-order valence-electron chi connectivity index (χ4n) is 1.79. The molecule has 0 amide bonds. The molecule has 1 aromatic heterocycles. The van der Waals surface area contributed by atoms with Crippen molar-refractivity contribution >= 4 is 11.8 Å². The second-order valence-electron chi connectivity index (χ2n) is 4.13. The fourth-order valence-corrected chi connectivity index (χ4v) is 2.74. The van der Waals surface area contributed by atoms with Gasteiger partial charge < -0.3 is 5.32 Å². The molecular weight excluding hydrogens is 204 g/mol. The third-order valence-electron chi connectivity index (χ3n) is 2.73. The number of hydrogen-bond acceptors (Lipinski definition) is 3. The molecule has 0 aromatic carbocycles. The van der Waals surface area contributed by atoms with Gasteiger partial charge in [0.1, 0.15) is 0 Å². The number of thioether (sulfide) groups is 1. The van der Waals surface area contributed by atoms with Crippen LogP contribution in [-0.2, 0) is 0 Å². The maximum atomic E-state index is 4.40. The Morgan fingerprint density at radius 1 is 1.47 bits per heavy atom. The van der Waals surface area contributed by atoms with Crippen LogP contribution in [0.4, 0.5) is 0 Å². The summed E-state index contributed by atoms with van der Waals surface area (Å²) in [7, 11) is 0. The average Bonchev–Trinajstić information content (AvgIpc) is 2.30. The van der Waals surface area contributed by atoms with Gasteiger partial charge in [-0.2, -0.15) is 0 Å². The lowest BCUT2D eigenvalue weighted by Crippen LogP contribution is -2.35. The van der Waals surface area contributed by atoms with E-state index in [2.05, 4.69) is 29.4 Å². The van der Waals surface area contributed by atoms with Crippen molar-refractivity contribution in [2.75, 3.05) is 12.3 Å². The van der Waals surface area contributed by atoms with Crippen molar-refractivity contribution < 1.29 is 0 Å². The molecule has 1 fully saturated rings. The molecule has 1 N–H and O–H groups in total. The van der Waals surface area contributed by atoms with E-state index < -0.39 is 0 Å². The lowest BCUT2D eigenvalue weighted by Gasteiger charge is -2.22. The molecule has 1 aromatic rings. The summed E-state index contributed by atoms with van der Waals surface area (Å²) in [6, 6.07) is 4.93. The van der Waals surface area contributed by atoms with Crippen LogP contribution in [-0.4, -0.2) is 23.3 Å². The van der Waals surface area contributed by atoms with E-state index in [0.717, 1.165) is 10.8 Å². The van der Waals surface area contributed by atoms with E-state index in [1.807, 2.05) is 18.0 Å². The van der Waals surface area contributed by atoms with Gasteiger partial charge >= 0.3 is 0 Å². The summed E-state index contributed by atoms with van der Waals surface area (Å²) in [6.45, 7) is 3.26.